The van der Waals surface area contributed by atoms with Gasteiger partial charge in [-0.05, 0) is 44.0 Å². The highest BCUT2D eigenvalue weighted by molar-refractivity contribution is 5.92. The first-order valence-corrected chi connectivity index (χ1v) is 5.96. The van der Waals surface area contributed by atoms with E-state index in [1.54, 1.807) is 0 Å². The molecule has 0 N–H and O–H groups in total. The van der Waals surface area contributed by atoms with Gasteiger partial charge in [-0.2, -0.15) is 0 Å². The first kappa shape index (κ1) is 9.64. The molecule has 1 saturated heterocycles. The maximum Gasteiger partial charge on any atom is 0.0726 e. The SMILES string of the molecule is Cc1ccc2c(N3CCCC3)cccc2n1. The minimum Gasteiger partial charge on any atom is -0.371 e. The molecule has 2 nitrogen and oxygen atoms in total. The van der Waals surface area contributed by atoms with Gasteiger partial charge in [0.25, 0.3) is 0 Å². The minimum atomic E-state index is 1.09. The van der Waals surface area contributed by atoms with Crippen LogP contribution in [-0.4, -0.2) is 18.1 Å². The van der Waals surface area contributed by atoms with Gasteiger partial charge in [-0.3, -0.25) is 4.98 Å². The van der Waals surface area contributed by atoms with Crippen LogP contribution in [0.4, 0.5) is 5.69 Å². The molecular weight excluding hydrogens is 196 g/mol. The Hall–Kier alpha value is -1.57. The van der Waals surface area contributed by atoms with E-state index in [1.807, 2.05) is 6.92 Å². The lowest BCUT2D eigenvalue weighted by atomic mass is 10.1. The molecule has 2 heteroatoms. The number of benzene rings is 1. The zero-order chi connectivity index (χ0) is 11.0. The summed E-state index contributed by atoms with van der Waals surface area (Å²) in [5.41, 5.74) is 3.55. The largest absolute Gasteiger partial charge is 0.371 e. The minimum absolute atomic E-state index is 1.09. The van der Waals surface area contributed by atoms with Gasteiger partial charge in [-0.25, -0.2) is 0 Å². The Morgan fingerprint density at radius 1 is 1.06 bits per heavy atom. The average Bonchev–Trinajstić information content (AvgIpc) is 2.81. The van der Waals surface area contributed by atoms with Crippen LogP contribution < -0.4 is 4.90 Å². The van der Waals surface area contributed by atoms with Gasteiger partial charge in [-0.15, -0.1) is 0 Å². The van der Waals surface area contributed by atoms with Gasteiger partial charge in [0.2, 0.25) is 0 Å². The fraction of sp³-hybridized carbons (Fsp3) is 0.357. The average molecular weight is 212 g/mol. The van der Waals surface area contributed by atoms with Crippen LogP contribution in [0.2, 0.25) is 0 Å². The number of anilines is 1. The van der Waals surface area contributed by atoms with Crippen molar-refractivity contribution in [3.63, 3.8) is 0 Å². The highest BCUT2D eigenvalue weighted by Crippen LogP contribution is 2.28. The Labute approximate surface area is 95.9 Å². The highest BCUT2D eigenvalue weighted by atomic mass is 15.1. The number of hydrogen-bond donors (Lipinski definition) is 0. The molecule has 2 aromatic rings. The fourth-order valence-electron chi connectivity index (χ4n) is 2.47. The van der Waals surface area contributed by atoms with E-state index in [0.29, 0.717) is 0 Å². The smallest absolute Gasteiger partial charge is 0.0726 e. The normalized spacial score (nSPS) is 15.9. The molecule has 1 aliphatic rings. The third-order valence-electron chi connectivity index (χ3n) is 3.29. The van der Waals surface area contributed by atoms with Crippen LogP contribution in [-0.2, 0) is 0 Å². The van der Waals surface area contributed by atoms with Gasteiger partial charge >= 0.3 is 0 Å². The lowest BCUT2D eigenvalue weighted by Crippen LogP contribution is -2.17. The first-order chi connectivity index (χ1) is 7.84. The van der Waals surface area contributed by atoms with Crippen LogP contribution in [0.25, 0.3) is 10.9 Å². The number of hydrogen-bond acceptors (Lipinski definition) is 2. The molecule has 2 heterocycles. The van der Waals surface area contributed by atoms with Crippen molar-refractivity contribution in [2.75, 3.05) is 18.0 Å². The predicted molar refractivity (Wildman–Crippen MR) is 67.9 cm³/mol. The molecule has 82 valence electrons. The summed E-state index contributed by atoms with van der Waals surface area (Å²) >= 11 is 0. The van der Waals surface area contributed by atoms with Gasteiger partial charge in [-0.1, -0.05) is 6.07 Å². The van der Waals surface area contributed by atoms with Crippen molar-refractivity contribution in [1.82, 2.24) is 4.98 Å². The van der Waals surface area contributed by atoms with Crippen LogP contribution in [0.15, 0.2) is 30.3 Å². The molecule has 1 fully saturated rings. The number of rotatable bonds is 1. The Kier molecular flexibility index (Phi) is 2.28. The maximum atomic E-state index is 4.58. The van der Waals surface area contributed by atoms with Gasteiger partial charge < -0.3 is 4.90 Å². The molecule has 0 atom stereocenters. The third-order valence-corrected chi connectivity index (χ3v) is 3.29. The summed E-state index contributed by atoms with van der Waals surface area (Å²) in [6.45, 7) is 4.42. The topological polar surface area (TPSA) is 16.1 Å². The second-order valence-corrected chi connectivity index (χ2v) is 4.49. The Morgan fingerprint density at radius 3 is 2.69 bits per heavy atom. The van der Waals surface area contributed by atoms with Gasteiger partial charge in [0, 0.05) is 29.9 Å². The lowest BCUT2D eigenvalue weighted by Gasteiger charge is -2.19. The van der Waals surface area contributed by atoms with Crippen molar-refractivity contribution in [2.24, 2.45) is 0 Å². The highest BCUT2D eigenvalue weighted by Gasteiger charge is 2.14. The molecule has 0 unspecified atom stereocenters. The Morgan fingerprint density at radius 2 is 1.88 bits per heavy atom. The summed E-state index contributed by atoms with van der Waals surface area (Å²) in [6.07, 6.45) is 2.63. The molecule has 0 spiro atoms. The molecule has 0 bridgehead atoms. The van der Waals surface area contributed by atoms with Crippen LogP contribution in [0.5, 0.6) is 0 Å². The van der Waals surface area contributed by atoms with E-state index in [-0.39, 0.29) is 0 Å². The molecule has 0 aliphatic carbocycles. The molecule has 1 aromatic carbocycles. The van der Waals surface area contributed by atoms with E-state index in [0.717, 1.165) is 11.2 Å². The van der Waals surface area contributed by atoms with E-state index >= 15 is 0 Å². The van der Waals surface area contributed by atoms with E-state index in [4.69, 9.17) is 0 Å². The fourth-order valence-corrected chi connectivity index (χ4v) is 2.47. The number of pyridine rings is 1. The van der Waals surface area contributed by atoms with Crippen molar-refractivity contribution >= 4 is 16.6 Å². The van der Waals surface area contributed by atoms with E-state index < -0.39 is 0 Å². The predicted octanol–water partition coefficient (Wildman–Crippen LogP) is 3.14. The molecular formula is C14H16N2. The lowest BCUT2D eigenvalue weighted by molar-refractivity contribution is 0.949. The molecule has 1 aromatic heterocycles. The van der Waals surface area contributed by atoms with Crippen molar-refractivity contribution < 1.29 is 0 Å². The van der Waals surface area contributed by atoms with Crippen molar-refractivity contribution in [3.8, 4) is 0 Å². The third kappa shape index (κ3) is 1.54. The Balaban J connectivity index is 2.16. The molecule has 0 saturated carbocycles. The summed E-state index contributed by atoms with van der Waals surface area (Å²) in [5.74, 6) is 0. The van der Waals surface area contributed by atoms with E-state index in [9.17, 15) is 0 Å². The number of aromatic nitrogens is 1. The second kappa shape index (κ2) is 3.78. The van der Waals surface area contributed by atoms with Crippen LogP contribution in [0, 0.1) is 6.92 Å². The first-order valence-electron chi connectivity index (χ1n) is 5.96. The summed E-state index contributed by atoms with van der Waals surface area (Å²) < 4.78 is 0. The number of aryl methyl sites for hydroxylation is 1. The maximum absolute atomic E-state index is 4.58. The van der Waals surface area contributed by atoms with E-state index in [1.165, 1.54) is 37.0 Å². The monoisotopic (exact) mass is 212 g/mol. The summed E-state index contributed by atoms with van der Waals surface area (Å²) in [5, 5.41) is 1.29. The van der Waals surface area contributed by atoms with Gasteiger partial charge in [0.05, 0.1) is 5.52 Å². The zero-order valence-corrected chi connectivity index (χ0v) is 9.61. The van der Waals surface area contributed by atoms with Crippen molar-refractivity contribution in [1.29, 1.82) is 0 Å². The standard InChI is InChI=1S/C14H16N2/c1-11-7-8-12-13(15-11)5-4-6-14(12)16-9-2-3-10-16/h4-8H,2-3,9-10H2,1H3. The number of nitrogens with zero attached hydrogens (tertiary/aromatic N) is 2. The molecule has 1 aliphatic heterocycles. The van der Waals surface area contributed by atoms with Gasteiger partial charge in [0.1, 0.15) is 0 Å². The van der Waals surface area contributed by atoms with Crippen LogP contribution >= 0.6 is 0 Å². The molecule has 16 heavy (non-hydrogen) atoms. The molecule has 0 radical (unpaired) electrons. The zero-order valence-electron chi connectivity index (χ0n) is 9.61. The molecule has 0 amide bonds. The quantitative estimate of drug-likeness (QED) is 0.722. The molecule has 3 rings (SSSR count). The van der Waals surface area contributed by atoms with Crippen LogP contribution in [0.3, 0.4) is 0 Å². The summed E-state index contributed by atoms with van der Waals surface area (Å²) in [7, 11) is 0. The van der Waals surface area contributed by atoms with Gasteiger partial charge in [0.15, 0.2) is 0 Å². The summed E-state index contributed by atoms with van der Waals surface area (Å²) in [4.78, 5) is 7.05. The van der Waals surface area contributed by atoms with Crippen molar-refractivity contribution in [2.45, 2.75) is 19.8 Å². The summed E-state index contributed by atoms with van der Waals surface area (Å²) in [6, 6.07) is 10.7. The Bertz CT molecular complexity index is 513. The second-order valence-electron chi connectivity index (χ2n) is 4.49. The number of fused-ring (bicyclic) bond motifs is 1. The van der Waals surface area contributed by atoms with E-state index in [2.05, 4.69) is 40.2 Å². The van der Waals surface area contributed by atoms with Crippen molar-refractivity contribution in [3.05, 3.63) is 36.0 Å². The van der Waals surface area contributed by atoms with Crippen LogP contribution in [0.1, 0.15) is 18.5 Å².